The zero-order chi connectivity index (χ0) is 14.1. The molecule has 2 aromatic carbocycles. The lowest BCUT2D eigenvalue weighted by atomic mass is 10.1. The van der Waals surface area contributed by atoms with Crippen molar-refractivity contribution in [2.75, 3.05) is 5.73 Å². The quantitative estimate of drug-likeness (QED) is 0.719. The van der Waals surface area contributed by atoms with Crippen LogP contribution in [-0.2, 0) is 0 Å². The van der Waals surface area contributed by atoms with E-state index >= 15 is 0 Å². The molecule has 0 saturated carbocycles. The highest BCUT2D eigenvalue weighted by Gasteiger charge is 2.12. The third kappa shape index (κ3) is 2.16. The first-order chi connectivity index (χ1) is 9.65. The van der Waals surface area contributed by atoms with Crippen molar-refractivity contribution in [1.29, 1.82) is 0 Å². The first-order valence-electron chi connectivity index (χ1n) is 6.41. The van der Waals surface area contributed by atoms with Crippen molar-refractivity contribution in [2.24, 2.45) is 0 Å². The Labute approximate surface area is 117 Å². The SMILES string of the molecule is Cc1cc(-c2nc(-c3ccccc3C)no2)ccc1N. The molecular weight excluding hydrogens is 250 g/mol. The summed E-state index contributed by atoms with van der Waals surface area (Å²) in [5.41, 5.74) is 10.6. The fourth-order valence-corrected chi connectivity index (χ4v) is 2.08. The van der Waals surface area contributed by atoms with Crippen LogP contribution in [0.15, 0.2) is 47.0 Å². The molecule has 0 saturated heterocycles. The molecular formula is C16H15N3O. The van der Waals surface area contributed by atoms with Crippen molar-refractivity contribution in [1.82, 2.24) is 10.1 Å². The first-order valence-corrected chi connectivity index (χ1v) is 6.41. The van der Waals surface area contributed by atoms with E-state index in [4.69, 9.17) is 10.3 Å². The van der Waals surface area contributed by atoms with E-state index in [0.29, 0.717) is 11.7 Å². The van der Waals surface area contributed by atoms with Crippen molar-refractivity contribution in [3.05, 3.63) is 53.6 Å². The van der Waals surface area contributed by atoms with Gasteiger partial charge in [-0.2, -0.15) is 4.98 Å². The van der Waals surface area contributed by atoms with Crippen LogP contribution in [0.4, 0.5) is 5.69 Å². The van der Waals surface area contributed by atoms with Gasteiger partial charge in [-0.15, -0.1) is 0 Å². The van der Waals surface area contributed by atoms with E-state index in [1.54, 1.807) is 0 Å². The molecule has 0 aliphatic rings. The van der Waals surface area contributed by atoms with Crippen LogP contribution >= 0.6 is 0 Å². The maximum atomic E-state index is 5.82. The van der Waals surface area contributed by atoms with Gasteiger partial charge in [0.25, 0.3) is 5.89 Å². The maximum absolute atomic E-state index is 5.82. The van der Waals surface area contributed by atoms with Gasteiger partial charge >= 0.3 is 0 Å². The first kappa shape index (κ1) is 12.4. The number of nitrogens with two attached hydrogens (primary N) is 1. The second-order valence-corrected chi connectivity index (χ2v) is 4.81. The highest BCUT2D eigenvalue weighted by atomic mass is 16.5. The molecule has 0 radical (unpaired) electrons. The largest absolute Gasteiger partial charge is 0.399 e. The molecule has 4 heteroatoms. The van der Waals surface area contributed by atoms with Gasteiger partial charge in [0, 0.05) is 16.8 Å². The molecule has 1 heterocycles. The lowest BCUT2D eigenvalue weighted by Crippen LogP contribution is -1.89. The molecule has 0 unspecified atom stereocenters. The highest BCUT2D eigenvalue weighted by Crippen LogP contribution is 2.26. The lowest BCUT2D eigenvalue weighted by Gasteiger charge is -2.00. The summed E-state index contributed by atoms with van der Waals surface area (Å²) in [4.78, 5) is 4.46. The van der Waals surface area contributed by atoms with Gasteiger partial charge in [0.05, 0.1) is 0 Å². The number of nitrogens with zero attached hydrogens (tertiary/aromatic N) is 2. The van der Waals surface area contributed by atoms with Gasteiger partial charge in [-0.25, -0.2) is 0 Å². The minimum atomic E-state index is 0.506. The van der Waals surface area contributed by atoms with Crippen LogP contribution in [0.5, 0.6) is 0 Å². The molecule has 0 bridgehead atoms. The third-order valence-electron chi connectivity index (χ3n) is 3.33. The molecule has 2 N–H and O–H groups in total. The van der Waals surface area contributed by atoms with E-state index < -0.39 is 0 Å². The molecule has 20 heavy (non-hydrogen) atoms. The average molecular weight is 265 g/mol. The topological polar surface area (TPSA) is 64.9 Å². The zero-order valence-corrected chi connectivity index (χ0v) is 11.4. The molecule has 0 fully saturated rings. The van der Waals surface area contributed by atoms with Gasteiger partial charge < -0.3 is 10.3 Å². The second kappa shape index (κ2) is 4.81. The molecule has 0 aliphatic carbocycles. The third-order valence-corrected chi connectivity index (χ3v) is 3.33. The molecule has 0 aliphatic heterocycles. The molecule has 1 aromatic heterocycles. The van der Waals surface area contributed by atoms with E-state index in [1.165, 1.54) is 0 Å². The minimum Gasteiger partial charge on any atom is -0.399 e. The Morgan fingerprint density at radius 1 is 1.00 bits per heavy atom. The van der Waals surface area contributed by atoms with Crippen molar-refractivity contribution < 1.29 is 4.52 Å². The zero-order valence-electron chi connectivity index (χ0n) is 11.4. The van der Waals surface area contributed by atoms with Crippen molar-refractivity contribution in [2.45, 2.75) is 13.8 Å². The van der Waals surface area contributed by atoms with Crippen LogP contribution in [0.1, 0.15) is 11.1 Å². The molecule has 100 valence electrons. The molecule has 3 aromatic rings. The van der Waals surface area contributed by atoms with Gasteiger partial charge in [0.1, 0.15) is 0 Å². The Morgan fingerprint density at radius 2 is 1.80 bits per heavy atom. The Kier molecular flexibility index (Phi) is 2.99. The Morgan fingerprint density at radius 3 is 2.55 bits per heavy atom. The predicted molar refractivity (Wildman–Crippen MR) is 79.1 cm³/mol. The summed E-state index contributed by atoms with van der Waals surface area (Å²) in [6.45, 7) is 3.98. The summed E-state index contributed by atoms with van der Waals surface area (Å²) in [5, 5.41) is 4.06. The number of rotatable bonds is 2. The van der Waals surface area contributed by atoms with E-state index in [2.05, 4.69) is 10.1 Å². The van der Waals surface area contributed by atoms with Gasteiger partial charge in [0.2, 0.25) is 5.82 Å². The number of anilines is 1. The Balaban J connectivity index is 2.02. The van der Waals surface area contributed by atoms with Crippen molar-refractivity contribution >= 4 is 5.69 Å². The molecule has 0 amide bonds. The average Bonchev–Trinajstić information content (AvgIpc) is 2.92. The fraction of sp³-hybridized carbons (Fsp3) is 0.125. The summed E-state index contributed by atoms with van der Waals surface area (Å²) in [6.07, 6.45) is 0. The number of benzene rings is 2. The van der Waals surface area contributed by atoms with Crippen LogP contribution in [0.2, 0.25) is 0 Å². The van der Waals surface area contributed by atoms with E-state index in [1.807, 2.05) is 56.3 Å². The number of hydrogen-bond acceptors (Lipinski definition) is 4. The predicted octanol–water partition coefficient (Wildman–Crippen LogP) is 3.60. The summed E-state index contributed by atoms with van der Waals surface area (Å²) in [5.74, 6) is 1.11. The number of aryl methyl sites for hydroxylation is 2. The number of nitrogen functional groups attached to an aromatic ring is 1. The van der Waals surface area contributed by atoms with Gasteiger partial charge in [0.15, 0.2) is 0 Å². The Bertz CT molecular complexity index is 762. The van der Waals surface area contributed by atoms with Crippen LogP contribution in [0, 0.1) is 13.8 Å². The van der Waals surface area contributed by atoms with Gasteiger partial charge in [-0.3, -0.25) is 0 Å². The van der Waals surface area contributed by atoms with E-state index in [9.17, 15) is 0 Å². The van der Waals surface area contributed by atoms with Crippen LogP contribution < -0.4 is 5.73 Å². The molecule has 0 spiro atoms. The summed E-state index contributed by atoms with van der Waals surface area (Å²) in [6, 6.07) is 13.6. The van der Waals surface area contributed by atoms with Gasteiger partial charge in [-0.05, 0) is 43.2 Å². The van der Waals surface area contributed by atoms with Crippen LogP contribution in [-0.4, -0.2) is 10.1 Å². The van der Waals surface area contributed by atoms with Crippen LogP contribution in [0.3, 0.4) is 0 Å². The molecule has 4 nitrogen and oxygen atoms in total. The van der Waals surface area contributed by atoms with Crippen molar-refractivity contribution in [3.63, 3.8) is 0 Å². The highest BCUT2D eigenvalue weighted by molar-refractivity contribution is 5.64. The normalized spacial score (nSPS) is 10.7. The van der Waals surface area contributed by atoms with Gasteiger partial charge in [-0.1, -0.05) is 29.4 Å². The molecule has 3 rings (SSSR count). The monoisotopic (exact) mass is 265 g/mol. The second-order valence-electron chi connectivity index (χ2n) is 4.81. The van der Waals surface area contributed by atoms with E-state index in [0.717, 1.165) is 27.9 Å². The lowest BCUT2D eigenvalue weighted by molar-refractivity contribution is 0.432. The van der Waals surface area contributed by atoms with Crippen molar-refractivity contribution in [3.8, 4) is 22.8 Å². The van der Waals surface area contributed by atoms with Crippen LogP contribution in [0.25, 0.3) is 22.8 Å². The summed E-state index contributed by atoms with van der Waals surface area (Å²) >= 11 is 0. The van der Waals surface area contributed by atoms with E-state index in [-0.39, 0.29) is 0 Å². The number of aromatic nitrogens is 2. The Hall–Kier alpha value is -2.62. The number of hydrogen-bond donors (Lipinski definition) is 1. The summed E-state index contributed by atoms with van der Waals surface area (Å²) < 4.78 is 5.35. The standard InChI is InChI=1S/C16H15N3O/c1-10-5-3-4-6-13(10)15-18-16(20-19-15)12-7-8-14(17)11(2)9-12/h3-9H,17H2,1-2H3. The maximum Gasteiger partial charge on any atom is 0.258 e. The minimum absolute atomic E-state index is 0.506. The molecule has 0 atom stereocenters. The smallest absolute Gasteiger partial charge is 0.258 e. The fourth-order valence-electron chi connectivity index (χ4n) is 2.08. The summed E-state index contributed by atoms with van der Waals surface area (Å²) in [7, 11) is 0.